The molecule has 8 heteroatoms. The average molecular weight is 358 g/mol. The number of aromatic amines is 1. The Balaban J connectivity index is 1.79. The second kappa shape index (κ2) is 7.33. The highest BCUT2D eigenvalue weighted by atomic mass is 32.2. The predicted octanol–water partition coefficient (Wildman–Crippen LogP) is 3.53. The minimum Gasteiger partial charge on any atom is -0.508 e. The Bertz CT molecular complexity index is 919. The molecule has 0 saturated carbocycles. The van der Waals surface area contributed by atoms with Crippen LogP contribution in [-0.4, -0.2) is 31.3 Å². The molecule has 3 N–H and O–H groups in total. The van der Waals surface area contributed by atoms with Gasteiger partial charge in [-0.3, -0.25) is 0 Å². The van der Waals surface area contributed by atoms with Gasteiger partial charge in [-0.25, -0.2) is 5.10 Å². The van der Waals surface area contributed by atoms with Crippen LogP contribution in [0, 0.1) is 4.77 Å². The highest BCUT2D eigenvalue weighted by molar-refractivity contribution is 7.98. The Morgan fingerprint density at radius 3 is 2.75 bits per heavy atom. The van der Waals surface area contributed by atoms with Gasteiger partial charge in [-0.15, -0.1) is 5.10 Å². The molecule has 0 spiro atoms. The number of phenols is 2. The number of benzene rings is 2. The van der Waals surface area contributed by atoms with Gasteiger partial charge in [0.2, 0.25) is 9.93 Å². The standard InChI is InChI=1S/C16H14N4O2S2/c21-13-7-6-12(14(22)8-13)9-17-20-15(23)18-19-16(20)24-10-11-4-2-1-3-5-11/h1-9,21-22H,10H2,(H,18,23)/b17-9+. The van der Waals surface area contributed by atoms with E-state index in [1.165, 1.54) is 40.3 Å². The SMILES string of the molecule is Oc1ccc(/C=N/n2c(SCc3ccccc3)n[nH]c2=S)c(O)c1. The van der Waals surface area contributed by atoms with Crippen molar-refractivity contribution in [3.05, 3.63) is 64.4 Å². The minimum atomic E-state index is -0.0627. The summed E-state index contributed by atoms with van der Waals surface area (Å²) in [6, 6.07) is 14.3. The first-order chi connectivity index (χ1) is 11.6. The zero-order chi connectivity index (χ0) is 16.9. The Hall–Kier alpha value is -2.58. The van der Waals surface area contributed by atoms with Crippen LogP contribution in [0.3, 0.4) is 0 Å². The summed E-state index contributed by atoms with van der Waals surface area (Å²) in [6.45, 7) is 0. The van der Waals surface area contributed by atoms with Crippen molar-refractivity contribution in [3.63, 3.8) is 0 Å². The molecular formula is C16H14N4O2S2. The van der Waals surface area contributed by atoms with E-state index in [4.69, 9.17) is 12.2 Å². The van der Waals surface area contributed by atoms with Crippen molar-refractivity contribution in [3.8, 4) is 11.5 Å². The molecule has 3 rings (SSSR count). The molecule has 6 nitrogen and oxygen atoms in total. The zero-order valence-corrected chi connectivity index (χ0v) is 14.1. The third-order valence-electron chi connectivity index (χ3n) is 3.16. The average Bonchev–Trinajstić information content (AvgIpc) is 2.93. The fourth-order valence-electron chi connectivity index (χ4n) is 1.96. The van der Waals surface area contributed by atoms with Gasteiger partial charge in [-0.05, 0) is 29.9 Å². The number of nitrogens with zero attached hydrogens (tertiary/aromatic N) is 3. The van der Waals surface area contributed by atoms with Gasteiger partial charge in [0.05, 0.1) is 6.21 Å². The van der Waals surface area contributed by atoms with Crippen molar-refractivity contribution in [2.45, 2.75) is 10.9 Å². The molecule has 0 aliphatic carbocycles. The maximum atomic E-state index is 9.80. The first-order valence-electron chi connectivity index (χ1n) is 7.04. The van der Waals surface area contributed by atoms with Crippen molar-refractivity contribution in [2.24, 2.45) is 5.10 Å². The molecule has 2 aromatic carbocycles. The van der Waals surface area contributed by atoms with Crippen LogP contribution < -0.4 is 0 Å². The topological polar surface area (TPSA) is 86.4 Å². The molecule has 0 bridgehead atoms. The molecule has 0 amide bonds. The lowest BCUT2D eigenvalue weighted by Gasteiger charge is -2.02. The monoisotopic (exact) mass is 358 g/mol. The van der Waals surface area contributed by atoms with E-state index >= 15 is 0 Å². The van der Waals surface area contributed by atoms with Gasteiger partial charge in [0, 0.05) is 17.4 Å². The Labute approximate surface area is 147 Å². The molecule has 122 valence electrons. The number of H-pyrrole nitrogens is 1. The normalized spacial score (nSPS) is 11.2. The van der Waals surface area contributed by atoms with Crippen molar-refractivity contribution in [2.75, 3.05) is 0 Å². The highest BCUT2D eigenvalue weighted by Gasteiger charge is 2.07. The zero-order valence-electron chi connectivity index (χ0n) is 12.5. The summed E-state index contributed by atoms with van der Waals surface area (Å²) in [4.78, 5) is 0. The Morgan fingerprint density at radius 2 is 2.00 bits per heavy atom. The summed E-state index contributed by atoms with van der Waals surface area (Å²) in [5.74, 6) is 0.663. The minimum absolute atomic E-state index is 0.0105. The van der Waals surface area contributed by atoms with Gasteiger partial charge >= 0.3 is 0 Å². The fraction of sp³-hybridized carbons (Fsp3) is 0.0625. The first-order valence-corrected chi connectivity index (χ1v) is 8.43. The lowest BCUT2D eigenvalue weighted by molar-refractivity contribution is 0.450. The van der Waals surface area contributed by atoms with Crippen LogP contribution in [0.2, 0.25) is 0 Å². The summed E-state index contributed by atoms with van der Waals surface area (Å²) in [5.41, 5.74) is 1.64. The van der Waals surface area contributed by atoms with Crippen LogP contribution in [0.1, 0.15) is 11.1 Å². The molecule has 0 aliphatic rings. The van der Waals surface area contributed by atoms with Crippen LogP contribution in [0.4, 0.5) is 0 Å². The quantitative estimate of drug-likeness (QED) is 0.369. The third-order valence-corrected chi connectivity index (χ3v) is 4.42. The van der Waals surface area contributed by atoms with Gasteiger partial charge in [-0.1, -0.05) is 42.1 Å². The number of aromatic nitrogens is 3. The van der Waals surface area contributed by atoms with Crippen LogP contribution >= 0.6 is 24.0 Å². The van der Waals surface area contributed by atoms with Crippen LogP contribution in [0.25, 0.3) is 0 Å². The van der Waals surface area contributed by atoms with Crippen molar-refractivity contribution >= 4 is 30.2 Å². The molecule has 0 radical (unpaired) electrons. The van der Waals surface area contributed by atoms with Crippen molar-refractivity contribution < 1.29 is 10.2 Å². The summed E-state index contributed by atoms with van der Waals surface area (Å²) < 4.78 is 1.86. The van der Waals surface area contributed by atoms with Crippen LogP contribution in [0.15, 0.2) is 58.8 Å². The Kier molecular flexibility index (Phi) is 4.97. The molecule has 0 fully saturated rings. The number of hydrogen-bond acceptors (Lipinski definition) is 6. The molecule has 1 heterocycles. The molecule has 0 unspecified atom stereocenters. The summed E-state index contributed by atoms with van der Waals surface area (Å²) in [5, 5.41) is 30.9. The van der Waals surface area contributed by atoms with E-state index < -0.39 is 0 Å². The van der Waals surface area contributed by atoms with Gasteiger partial charge in [0.25, 0.3) is 0 Å². The first kappa shape index (κ1) is 16.3. The van der Waals surface area contributed by atoms with Crippen LogP contribution in [-0.2, 0) is 5.75 Å². The lowest BCUT2D eigenvalue weighted by Crippen LogP contribution is -1.94. The largest absolute Gasteiger partial charge is 0.508 e. The third kappa shape index (κ3) is 3.84. The Morgan fingerprint density at radius 1 is 1.21 bits per heavy atom. The molecule has 3 aromatic rings. The lowest BCUT2D eigenvalue weighted by atomic mass is 10.2. The van der Waals surface area contributed by atoms with E-state index in [9.17, 15) is 10.2 Å². The maximum absolute atomic E-state index is 9.80. The second-order valence-corrected chi connectivity index (χ2v) is 6.21. The predicted molar refractivity (Wildman–Crippen MR) is 96.2 cm³/mol. The smallest absolute Gasteiger partial charge is 0.217 e. The number of aromatic hydroxyl groups is 2. The number of hydrogen-bond donors (Lipinski definition) is 3. The van der Waals surface area contributed by atoms with Gasteiger partial charge in [0.1, 0.15) is 11.5 Å². The summed E-state index contributed by atoms with van der Waals surface area (Å²) in [7, 11) is 0. The van der Waals surface area contributed by atoms with Crippen molar-refractivity contribution in [1.82, 2.24) is 14.9 Å². The number of phenolic OH excluding ortho intramolecular Hbond substituents is 2. The summed E-state index contributed by atoms with van der Waals surface area (Å²) in [6.07, 6.45) is 1.46. The number of rotatable bonds is 5. The van der Waals surface area contributed by atoms with E-state index in [-0.39, 0.29) is 11.5 Å². The molecular weight excluding hydrogens is 344 g/mol. The summed E-state index contributed by atoms with van der Waals surface area (Å²) >= 11 is 6.69. The molecule has 24 heavy (non-hydrogen) atoms. The maximum Gasteiger partial charge on any atom is 0.217 e. The van der Waals surface area contributed by atoms with Gasteiger partial charge in [-0.2, -0.15) is 9.78 Å². The number of thioether (sulfide) groups is 1. The molecule has 0 saturated heterocycles. The van der Waals surface area contributed by atoms with E-state index in [1.54, 1.807) is 6.07 Å². The number of nitrogens with one attached hydrogen (secondary N) is 1. The molecule has 0 atom stereocenters. The fourth-order valence-corrected chi connectivity index (χ4v) is 3.05. The molecule has 1 aromatic heterocycles. The van der Waals surface area contributed by atoms with Crippen molar-refractivity contribution in [1.29, 1.82) is 0 Å². The second-order valence-electron chi connectivity index (χ2n) is 4.89. The highest BCUT2D eigenvalue weighted by Crippen LogP contribution is 2.23. The molecule has 0 aliphatic heterocycles. The van der Waals surface area contributed by atoms with Gasteiger partial charge in [0.15, 0.2) is 0 Å². The van der Waals surface area contributed by atoms with E-state index in [0.29, 0.717) is 15.5 Å². The van der Waals surface area contributed by atoms with Gasteiger partial charge < -0.3 is 10.2 Å². The van der Waals surface area contributed by atoms with E-state index in [1.807, 2.05) is 30.3 Å². The van der Waals surface area contributed by atoms with E-state index in [2.05, 4.69) is 15.3 Å². The van der Waals surface area contributed by atoms with Crippen LogP contribution in [0.5, 0.6) is 11.5 Å². The van der Waals surface area contributed by atoms with E-state index in [0.717, 1.165) is 5.75 Å².